The maximum Gasteiger partial charge on any atom is 0.150 e. The molecule has 0 unspecified atom stereocenters. The first-order valence-electron chi connectivity index (χ1n) is 6.23. The molecule has 0 spiro atoms. The molecule has 0 bridgehead atoms. The van der Waals surface area contributed by atoms with Crippen molar-refractivity contribution in [1.82, 2.24) is 0 Å². The lowest BCUT2D eigenvalue weighted by atomic mass is 10.0. The van der Waals surface area contributed by atoms with Crippen LogP contribution in [-0.4, -0.2) is 20.5 Å². The van der Waals surface area contributed by atoms with Crippen molar-refractivity contribution in [1.29, 1.82) is 0 Å². The first-order valence-corrected chi connectivity index (χ1v) is 6.23. The summed E-state index contributed by atoms with van der Waals surface area (Å²) in [4.78, 5) is 11.4. The number of para-hydroxylation sites is 2. The average Bonchev–Trinajstić information content (AvgIpc) is 2.53. The van der Waals surface area contributed by atoms with Crippen LogP contribution in [-0.2, 0) is 4.79 Å². The van der Waals surface area contributed by atoms with E-state index in [2.05, 4.69) is 0 Å². The first-order chi connectivity index (χ1) is 9.80. The van der Waals surface area contributed by atoms with Gasteiger partial charge in [0.25, 0.3) is 0 Å². The third-order valence-electron chi connectivity index (χ3n) is 2.99. The van der Waals surface area contributed by atoms with Gasteiger partial charge in [-0.3, -0.25) is 4.79 Å². The minimum atomic E-state index is 0.548. The van der Waals surface area contributed by atoms with Crippen molar-refractivity contribution in [3.8, 4) is 11.5 Å². The minimum absolute atomic E-state index is 0.548. The Balaban J connectivity index is 2.51. The third-order valence-corrected chi connectivity index (χ3v) is 2.99. The Hall–Kier alpha value is -2.55. The van der Waals surface area contributed by atoms with Gasteiger partial charge in [0.2, 0.25) is 0 Å². The molecular weight excluding hydrogens is 252 g/mol. The largest absolute Gasteiger partial charge is 0.496 e. The van der Waals surface area contributed by atoms with Crippen molar-refractivity contribution in [2.45, 2.75) is 0 Å². The fraction of sp³-hybridized carbons (Fsp3) is 0.118. The van der Waals surface area contributed by atoms with Crippen molar-refractivity contribution in [2.75, 3.05) is 14.2 Å². The lowest BCUT2D eigenvalue weighted by molar-refractivity contribution is -0.103. The van der Waals surface area contributed by atoms with Crippen LogP contribution in [0.1, 0.15) is 11.1 Å². The van der Waals surface area contributed by atoms with E-state index in [1.54, 1.807) is 20.3 Å². The van der Waals surface area contributed by atoms with Crippen molar-refractivity contribution < 1.29 is 14.3 Å². The van der Waals surface area contributed by atoms with E-state index in [-0.39, 0.29) is 0 Å². The van der Waals surface area contributed by atoms with E-state index in [1.807, 2.05) is 48.5 Å². The summed E-state index contributed by atoms with van der Waals surface area (Å²) in [7, 11) is 3.20. The van der Waals surface area contributed by atoms with E-state index in [0.717, 1.165) is 23.2 Å². The summed E-state index contributed by atoms with van der Waals surface area (Å²) in [5.41, 5.74) is 2.16. The third kappa shape index (κ3) is 2.88. The predicted molar refractivity (Wildman–Crippen MR) is 79.9 cm³/mol. The molecule has 20 heavy (non-hydrogen) atoms. The molecule has 0 aliphatic carbocycles. The van der Waals surface area contributed by atoms with Crippen LogP contribution in [0.15, 0.2) is 48.5 Å². The van der Waals surface area contributed by atoms with Gasteiger partial charge in [0.1, 0.15) is 11.5 Å². The number of hydrogen-bond acceptors (Lipinski definition) is 3. The highest BCUT2D eigenvalue weighted by Crippen LogP contribution is 2.28. The summed E-state index contributed by atoms with van der Waals surface area (Å²) in [5.74, 6) is 1.39. The van der Waals surface area contributed by atoms with Crippen LogP contribution in [0.25, 0.3) is 11.6 Å². The number of aldehydes is 1. The van der Waals surface area contributed by atoms with Crippen LogP contribution >= 0.6 is 0 Å². The second-order valence-corrected chi connectivity index (χ2v) is 4.16. The molecule has 3 nitrogen and oxygen atoms in total. The zero-order valence-electron chi connectivity index (χ0n) is 11.5. The van der Waals surface area contributed by atoms with Gasteiger partial charge in [-0.15, -0.1) is 0 Å². The quantitative estimate of drug-likeness (QED) is 0.473. The molecule has 2 aromatic rings. The molecule has 2 aromatic carbocycles. The lowest BCUT2D eigenvalue weighted by Gasteiger charge is -2.09. The van der Waals surface area contributed by atoms with Gasteiger partial charge in [-0.05, 0) is 18.2 Å². The van der Waals surface area contributed by atoms with Gasteiger partial charge in [-0.25, -0.2) is 0 Å². The van der Waals surface area contributed by atoms with Crippen LogP contribution in [0.4, 0.5) is 0 Å². The van der Waals surface area contributed by atoms with Crippen LogP contribution in [0.2, 0.25) is 0 Å². The molecule has 102 valence electrons. The van der Waals surface area contributed by atoms with E-state index in [1.165, 1.54) is 0 Å². The average molecular weight is 268 g/mol. The van der Waals surface area contributed by atoms with E-state index < -0.39 is 0 Å². The molecule has 0 amide bonds. The number of rotatable bonds is 5. The Kier molecular flexibility index (Phi) is 4.56. The summed E-state index contributed by atoms with van der Waals surface area (Å²) >= 11 is 0. The number of ether oxygens (including phenoxy) is 2. The fourth-order valence-corrected chi connectivity index (χ4v) is 2.01. The van der Waals surface area contributed by atoms with Gasteiger partial charge in [0, 0.05) is 16.7 Å². The van der Waals surface area contributed by atoms with Crippen molar-refractivity contribution in [3.05, 3.63) is 59.7 Å². The van der Waals surface area contributed by atoms with Crippen LogP contribution in [0.3, 0.4) is 0 Å². The summed E-state index contributed by atoms with van der Waals surface area (Å²) in [6, 6.07) is 15.0. The second kappa shape index (κ2) is 6.57. The molecule has 0 aliphatic rings. The summed E-state index contributed by atoms with van der Waals surface area (Å²) in [6.45, 7) is 0. The maximum atomic E-state index is 11.4. The van der Waals surface area contributed by atoms with E-state index >= 15 is 0 Å². The molecule has 0 fully saturated rings. The zero-order valence-corrected chi connectivity index (χ0v) is 11.5. The van der Waals surface area contributed by atoms with Gasteiger partial charge in [0.15, 0.2) is 6.29 Å². The normalized spacial score (nSPS) is 11.0. The zero-order chi connectivity index (χ0) is 14.4. The van der Waals surface area contributed by atoms with Gasteiger partial charge in [0.05, 0.1) is 14.2 Å². The molecule has 0 aliphatic heterocycles. The smallest absolute Gasteiger partial charge is 0.150 e. The Morgan fingerprint density at radius 1 is 0.900 bits per heavy atom. The van der Waals surface area contributed by atoms with Crippen LogP contribution in [0, 0.1) is 0 Å². The van der Waals surface area contributed by atoms with Gasteiger partial charge < -0.3 is 9.47 Å². The maximum absolute atomic E-state index is 11.4. The number of methoxy groups -OCH3 is 2. The number of carbonyl (C=O) groups excluding carboxylic acids is 1. The van der Waals surface area contributed by atoms with E-state index in [9.17, 15) is 4.79 Å². The monoisotopic (exact) mass is 268 g/mol. The predicted octanol–water partition coefficient (Wildman–Crippen LogP) is 3.44. The minimum Gasteiger partial charge on any atom is -0.496 e. The number of benzene rings is 2. The van der Waals surface area contributed by atoms with Gasteiger partial charge in [-0.1, -0.05) is 36.4 Å². The second-order valence-electron chi connectivity index (χ2n) is 4.16. The Bertz CT molecular complexity index is 630. The highest BCUT2D eigenvalue weighted by atomic mass is 16.5. The Labute approximate surface area is 118 Å². The Morgan fingerprint density at radius 3 is 2.15 bits per heavy atom. The number of hydrogen-bond donors (Lipinski definition) is 0. The fourth-order valence-electron chi connectivity index (χ4n) is 2.01. The van der Waals surface area contributed by atoms with Crippen molar-refractivity contribution >= 4 is 17.9 Å². The molecular formula is C17H16O3. The molecule has 0 heterocycles. The highest BCUT2D eigenvalue weighted by molar-refractivity contribution is 6.14. The molecule has 3 heteroatoms. The molecule has 0 N–H and O–H groups in total. The molecule has 0 radical (unpaired) electrons. The topological polar surface area (TPSA) is 35.5 Å². The number of carbonyl (C=O) groups is 1. The van der Waals surface area contributed by atoms with E-state index in [0.29, 0.717) is 11.3 Å². The summed E-state index contributed by atoms with van der Waals surface area (Å²) in [5, 5.41) is 0. The highest BCUT2D eigenvalue weighted by Gasteiger charge is 2.08. The molecule has 0 aromatic heterocycles. The van der Waals surface area contributed by atoms with Crippen molar-refractivity contribution in [3.63, 3.8) is 0 Å². The molecule has 2 rings (SSSR count). The van der Waals surface area contributed by atoms with Gasteiger partial charge >= 0.3 is 0 Å². The van der Waals surface area contributed by atoms with E-state index in [4.69, 9.17) is 9.47 Å². The lowest BCUT2D eigenvalue weighted by Crippen LogP contribution is -1.93. The standard InChI is InChI=1S/C17H16O3/c1-19-16-9-5-3-7-13(16)11-14(12-18)15-8-4-6-10-17(15)20-2/h3-12H,1-2H3/b14-11-. The molecule has 0 saturated heterocycles. The molecule has 0 saturated carbocycles. The SMILES string of the molecule is COc1ccccc1/C=C(/C=O)c1ccccc1OC. The summed E-state index contributed by atoms with van der Waals surface area (Å²) < 4.78 is 10.6. The van der Waals surface area contributed by atoms with Crippen LogP contribution < -0.4 is 9.47 Å². The molecule has 0 atom stereocenters. The van der Waals surface area contributed by atoms with Crippen LogP contribution in [0.5, 0.6) is 11.5 Å². The van der Waals surface area contributed by atoms with Gasteiger partial charge in [-0.2, -0.15) is 0 Å². The van der Waals surface area contributed by atoms with Crippen molar-refractivity contribution in [2.24, 2.45) is 0 Å². The summed E-state index contributed by atoms with van der Waals surface area (Å²) in [6.07, 6.45) is 2.62. The number of allylic oxidation sites excluding steroid dienone is 1. The Morgan fingerprint density at radius 2 is 1.50 bits per heavy atom. The first kappa shape index (κ1) is 13.9.